The van der Waals surface area contributed by atoms with Gasteiger partial charge in [-0.25, -0.2) is 0 Å². The summed E-state index contributed by atoms with van der Waals surface area (Å²) in [5.74, 6) is 1.74. The van der Waals surface area contributed by atoms with Crippen LogP contribution < -0.4 is 10.6 Å². The van der Waals surface area contributed by atoms with E-state index < -0.39 is 0 Å². The highest BCUT2D eigenvalue weighted by Crippen LogP contribution is 2.31. The first-order chi connectivity index (χ1) is 9.19. The van der Waals surface area contributed by atoms with Crippen LogP contribution in [0.4, 0.5) is 0 Å². The monoisotopic (exact) mass is 299 g/mol. The minimum Gasteiger partial charge on any atom is -0.356 e. The number of hydrogen-bond donors (Lipinski definition) is 2. The Balaban J connectivity index is 1.78. The molecule has 2 N–H and O–H groups in total. The molecule has 19 heavy (non-hydrogen) atoms. The molecule has 2 rings (SSSR count). The number of halogens is 2. The Labute approximate surface area is 124 Å². The third-order valence-electron chi connectivity index (χ3n) is 3.23. The van der Waals surface area contributed by atoms with Gasteiger partial charge in [0.05, 0.1) is 0 Å². The number of aliphatic imine (C=N–C) groups is 1. The molecule has 0 radical (unpaired) electrons. The van der Waals surface area contributed by atoms with Crippen molar-refractivity contribution in [2.75, 3.05) is 13.6 Å². The van der Waals surface area contributed by atoms with E-state index in [0.29, 0.717) is 16.6 Å². The average Bonchev–Trinajstić information content (AvgIpc) is 3.19. The van der Waals surface area contributed by atoms with Gasteiger partial charge in [-0.05, 0) is 30.0 Å². The molecule has 0 heterocycles. The Kier molecular flexibility index (Phi) is 5.34. The fourth-order valence-electron chi connectivity index (χ4n) is 1.87. The number of benzene rings is 1. The first-order valence-electron chi connectivity index (χ1n) is 6.57. The third kappa shape index (κ3) is 4.92. The molecule has 5 heteroatoms. The van der Waals surface area contributed by atoms with Crippen LogP contribution in [0, 0.1) is 5.92 Å². The summed E-state index contributed by atoms with van der Waals surface area (Å²) >= 11 is 12.0. The Hall–Kier alpha value is -0.930. The molecule has 0 amide bonds. The normalized spacial score (nSPS) is 15.4. The van der Waals surface area contributed by atoms with Crippen LogP contribution in [0.5, 0.6) is 0 Å². The summed E-state index contributed by atoms with van der Waals surface area (Å²) in [6.45, 7) is 1.61. The maximum absolute atomic E-state index is 6.13. The average molecular weight is 300 g/mol. The van der Waals surface area contributed by atoms with E-state index in [1.54, 1.807) is 13.1 Å². The zero-order valence-corrected chi connectivity index (χ0v) is 12.6. The number of nitrogens with zero attached hydrogens (tertiary/aromatic N) is 1. The van der Waals surface area contributed by atoms with Crippen LogP contribution in [0.3, 0.4) is 0 Å². The van der Waals surface area contributed by atoms with E-state index >= 15 is 0 Å². The van der Waals surface area contributed by atoms with Gasteiger partial charge in [0.15, 0.2) is 5.96 Å². The fourth-order valence-corrected chi connectivity index (χ4v) is 2.34. The van der Waals surface area contributed by atoms with Gasteiger partial charge >= 0.3 is 0 Å². The van der Waals surface area contributed by atoms with Gasteiger partial charge in [0.25, 0.3) is 0 Å². The van der Waals surface area contributed by atoms with E-state index in [1.165, 1.54) is 19.3 Å². The van der Waals surface area contributed by atoms with Crippen molar-refractivity contribution in [3.63, 3.8) is 0 Å². The summed E-state index contributed by atoms with van der Waals surface area (Å²) in [6.07, 6.45) is 3.99. The molecule has 0 saturated heterocycles. The van der Waals surface area contributed by atoms with Crippen LogP contribution in [0.2, 0.25) is 10.0 Å². The Bertz CT molecular complexity index is 456. The fraction of sp³-hybridized carbons (Fsp3) is 0.500. The largest absolute Gasteiger partial charge is 0.356 e. The maximum Gasteiger partial charge on any atom is 0.191 e. The van der Waals surface area contributed by atoms with E-state index in [0.717, 1.165) is 24.0 Å². The summed E-state index contributed by atoms with van der Waals surface area (Å²) in [6, 6.07) is 5.52. The molecule has 3 nitrogen and oxygen atoms in total. The van der Waals surface area contributed by atoms with Crippen LogP contribution in [-0.2, 0) is 6.54 Å². The standard InChI is InChI=1S/C14H19Cl2N3/c1-17-14(18-7-6-10-2-3-10)19-9-11-4-5-12(15)8-13(11)16/h4-5,8,10H,2-3,6-7,9H2,1H3,(H2,17,18,19). The van der Waals surface area contributed by atoms with Crippen molar-refractivity contribution in [2.24, 2.45) is 10.9 Å². The van der Waals surface area contributed by atoms with Crippen molar-refractivity contribution in [1.82, 2.24) is 10.6 Å². The van der Waals surface area contributed by atoms with Crippen molar-refractivity contribution in [1.29, 1.82) is 0 Å². The van der Waals surface area contributed by atoms with E-state index in [-0.39, 0.29) is 0 Å². The number of nitrogens with one attached hydrogen (secondary N) is 2. The van der Waals surface area contributed by atoms with Crippen LogP contribution >= 0.6 is 23.2 Å². The van der Waals surface area contributed by atoms with E-state index in [9.17, 15) is 0 Å². The first-order valence-corrected chi connectivity index (χ1v) is 7.33. The SMILES string of the molecule is CN=C(NCCC1CC1)NCc1ccc(Cl)cc1Cl. The molecule has 0 aliphatic heterocycles. The number of rotatable bonds is 5. The highest BCUT2D eigenvalue weighted by Gasteiger charge is 2.20. The zero-order valence-electron chi connectivity index (χ0n) is 11.0. The zero-order chi connectivity index (χ0) is 13.7. The van der Waals surface area contributed by atoms with Crippen molar-refractivity contribution >= 4 is 29.2 Å². The first kappa shape index (κ1) is 14.5. The van der Waals surface area contributed by atoms with Gasteiger partial charge in [-0.2, -0.15) is 0 Å². The van der Waals surface area contributed by atoms with Crippen LogP contribution in [0.1, 0.15) is 24.8 Å². The van der Waals surface area contributed by atoms with Crippen LogP contribution in [0.25, 0.3) is 0 Å². The van der Waals surface area contributed by atoms with E-state index in [1.807, 2.05) is 12.1 Å². The lowest BCUT2D eigenvalue weighted by molar-refractivity contribution is 0.684. The Morgan fingerprint density at radius 3 is 2.74 bits per heavy atom. The number of hydrogen-bond acceptors (Lipinski definition) is 1. The molecule has 1 aliphatic rings. The Morgan fingerprint density at radius 1 is 1.32 bits per heavy atom. The van der Waals surface area contributed by atoms with E-state index in [4.69, 9.17) is 23.2 Å². The second-order valence-corrected chi connectivity index (χ2v) is 5.66. The summed E-state index contributed by atoms with van der Waals surface area (Å²) in [7, 11) is 1.77. The lowest BCUT2D eigenvalue weighted by atomic mass is 10.2. The molecule has 0 aromatic heterocycles. The molecule has 104 valence electrons. The van der Waals surface area contributed by atoms with Crippen molar-refractivity contribution in [2.45, 2.75) is 25.8 Å². The molecule has 1 fully saturated rings. The van der Waals surface area contributed by atoms with Gasteiger partial charge in [0.1, 0.15) is 0 Å². The topological polar surface area (TPSA) is 36.4 Å². The smallest absolute Gasteiger partial charge is 0.191 e. The molecule has 1 aromatic carbocycles. The maximum atomic E-state index is 6.13. The molecule has 0 spiro atoms. The minimum absolute atomic E-state index is 0.638. The molecular weight excluding hydrogens is 281 g/mol. The molecule has 0 unspecified atom stereocenters. The predicted molar refractivity (Wildman–Crippen MR) is 82.0 cm³/mol. The van der Waals surface area contributed by atoms with E-state index in [2.05, 4.69) is 15.6 Å². The van der Waals surface area contributed by atoms with Crippen molar-refractivity contribution in [3.8, 4) is 0 Å². The lowest BCUT2D eigenvalue weighted by Crippen LogP contribution is -2.37. The highest BCUT2D eigenvalue weighted by molar-refractivity contribution is 6.35. The van der Waals surface area contributed by atoms with Gasteiger partial charge < -0.3 is 10.6 Å². The van der Waals surface area contributed by atoms with Gasteiger partial charge in [-0.1, -0.05) is 42.1 Å². The number of guanidine groups is 1. The van der Waals surface area contributed by atoms with Gasteiger partial charge in [0.2, 0.25) is 0 Å². The minimum atomic E-state index is 0.638. The van der Waals surface area contributed by atoms with Crippen LogP contribution in [-0.4, -0.2) is 19.6 Å². The highest BCUT2D eigenvalue weighted by atomic mass is 35.5. The van der Waals surface area contributed by atoms with Crippen molar-refractivity contribution in [3.05, 3.63) is 33.8 Å². The second-order valence-electron chi connectivity index (χ2n) is 4.82. The third-order valence-corrected chi connectivity index (χ3v) is 3.81. The van der Waals surface area contributed by atoms with Gasteiger partial charge in [-0.15, -0.1) is 0 Å². The molecule has 1 aromatic rings. The Morgan fingerprint density at radius 2 is 2.11 bits per heavy atom. The predicted octanol–water partition coefficient (Wildman–Crippen LogP) is 3.46. The molecule has 1 saturated carbocycles. The lowest BCUT2D eigenvalue weighted by Gasteiger charge is -2.12. The molecular formula is C14H19Cl2N3. The quantitative estimate of drug-likeness (QED) is 0.645. The van der Waals surface area contributed by atoms with Gasteiger partial charge in [-0.3, -0.25) is 4.99 Å². The summed E-state index contributed by atoms with van der Waals surface area (Å²) in [4.78, 5) is 4.19. The summed E-state index contributed by atoms with van der Waals surface area (Å²) in [5.41, 5.74) is 1.01. The summed E-state index contributed by atoms with van der Waals surface area (Å²) in [5, 5.41) is 7.89. The second kappa shape index (κ2) is 7.01. The van der Waals surface area contributed by atoms with Crippen LogP contribution in [0.15, 0.2) is 23.2 Å². The summed E-state index contributed by atoms with van der Waals surface area (Å²) < 4.78 is 0. The van der Waals surface area contributed by atoms with Gasteiger partial charge in [0, 0.05) is 30.2 Å². The molecule has 0 atom stereocenters. The molecule has 0 bridgehead atoms. The van der Waals surface area contributed by atoms with Crippen molar-refractivity contribution < 1.29 is 0 Å². The molecule has 1 aliphatic carbocycles.